The van der Waals surface area contributed by atoms with Gasteiger partial charge in [-0.15, -0.1) is 0 Å². The summed E-state index contributed by atoms with van der Waals surface area (Å²) in [6.07, 6.45) is 1.91. The number of nitrogens with zero attached hydrogens (tertiary/aromatic N) is 1. The van der Waals surface area contributed by atoms with Crippen LogP contribution in [0.25, 0.3) is 0 Å². The van der Waals surface area contributed by atoms with Crippen LogP contribution in [0.4, 0.5) is 0 Å². The normalized spacial score (nSPS) is 11.3. The molecule has 0 aliphatic heterocycles. The van der Waals surface area contributed by atoms with Crippen molar-refractivity contribution in [3.8, 4) is 0 Å². The van der Waals surface area contributed by atoms with Gasteiger partial charge in [-0.2, -0.15) is 0 Å². The van der Waals surface area contributed by atoms with Crippen LogP contribution in [0.5, 0.6) is 0 Å². The highest BCUT2D eigenvalue weighted by atomic mass is 14.7. The molecule has 0 N–H and O–H groups in total. The van der Waals surface area contributed by atoms with Crippen molar-refractivity contribution >= 4 is 0 Å². The van der Waals surface area contributed by atoms with E-state index >= 15 is 0 Å². The summed E-state index contributed by atoms with van der Waals surface area (Å²) in [4.78, 5) is 4.46. The van der Waals surface area contributed by atoms with Gasteiger partial charge in [0.1, 0.15) is 0 Å². The van der Waals surface area contributed by atoms with Gasteiger partial charge in [0.15, 0.2) is 0 Å². The molecule has 0 amide bonds. The van der Waals surface area contributed by atoms with E-state index in [2.05, 4.69) is 98.5 Å². The van der Waals surface area contributed by atoms with Crippen LogP contribution in [-0.2, 0) is 0 Å². The summed E-state index contributed by atoms with van der Waals surface area (Å²) in [5.74, 6) is 2.37. The summed E-state index contributed by atoms with van der Waals surface area (Å²) in [6.45, 7) is 22.3. The fraction of sp³-hybridized carbons (Fsp3) is 0.560. The molecule has 1 aromatic heterocycles. The highest BCUT2D eigenvalue weighted by Gasteiger charge is 2.13. The number of hydrogen-bond donors (Lipinski definition) is 0. The smallest absolute Gasteiger partial charge is 0.0466 e. The Kier molecular flexibility index (Phi) is 8.53. The zero-order valence-electron chi connectivity index (χ0n) is 18.6. The summed E-state index contributed by atoms with van der Waals surface area (Å²) in [5, 5.41) is 0. The zero-order valence-corrected chi connectivity index (χ0v) is 18.6. The van der Waals surface area contributed by atoms with E-state index in [0.29, 0.717) is 23.7 Å². The minimum absolute atomic E-state index is 0.525. The molecule has 0 saturated heterocycles. The van der Waals surface area contributed by atoms with E-state index in [4.69, 9.17) is 0 Å². The van der Waals surface area contributed by atoms with Crippen molar-refractivity contribution in [1.29, 1.82) is 0 Å². The van der Waals surface area contributed by atoms with E-state index in [1.54, 1.807) is 0 Å². The molecule has 144 valence electrons. The van der Waals surface area contributed by atoms with Gasteiger partial charge in [0.05, 0.1) is 0 Å². The van der Waals surface area contributed by atoms with E-state index < -0.39 is 0 Å². The van der Waals surface area contributed by atoms with Crippen molar-refractivity contribution in [2.24, 2.45) is 0 Å². The largest absolute Gasteiger partial charge is 0.261 e. The maximum atomic E-state index is 4.46. The Labute approximate surface area is 162 Å². The number of aromatic nitrogens is 1. The Morgan fingerprint density at radius 2 is 1.15 bits per heavy atom. The first-order valence-corrected chi connectivity index (χ1v) is 10.1. The third kappa shape index (κ3) is 5.69. The molecule has 0 aliphatic carbocycles. The molecule has 1 heterocycles. The Morgan fingerprint density at radius 1 is 0.615 bits per heavy atom. The summed E-state index contributed by atoms with van der Waals surface area (Å²) in [7, 11) is 0. The van der Waals surface area contributed by atoms with Crippen LogP contribution in [0.2, 0.25) is 0 Å². The zero-order chi connectivity index (χ0) is 20.0. The molecule has 1 heteroatoms. The van der Waals surface area contributed by atoms with Gasteiger partial charge in [0.2, 0.25) is 0 Å². The van der Waals surface area contributed by atoms with Crippen molar-refractivity contribution < 1.29 is 0 Å². The number of aryl methyl sites for hydroxylation is 2. The second-order valence-electron chi connectivity index (χ2n) is 8.62. The summed E-state index contributed by atoms with van der Waals surface area (Å²) < 4.78 is 0. The molecule has 26 heavy (non-hydrogen) atoms. The molecule has 0 saturated carbocycles. The molecule has 0 unspecified atom stereocenters. The SMILES string of the molecule is Cc1cccc(C(C)C)c1C(C)C.Cc1ccnc(C(C)C)c1C(C)C. The average Bonchev–Trinajstić information content (AvgIpc) is 2.54. The molecule has 0 aliphatic rings. The quantitative estimate of drug-likeness (QED) is 0.544. The molecular formula is C25H39N. The van der Waals surface area contributed by atoms with Crippen molar-refractivity contribution in [3.63, 3.8) is 0 Å². The van der Waals surface area contributed by atoms with Crippen molar-refractivity contribution in [2.75, 3.05) is 0 Å². The van der Waals surface area contributed by atoms with Crippen LogP contribution in [-0.4, -0.2) is 4.98 Å². The first-order valence-electron chi connectivity index (χ1n) is 10.1. The van der Waals surface area contributed by atoms with Crippen LogP contribution < -0.4 is 0 Å². The van der Waals surface area contributed by atoms with Crippen LogP contribution >= 0.6 is 0 Å². The average molecular weight is 354 g/mol. The first-order chi connectivity index (χ1) is 12.1. The van der Waals surface area contributed by atoms with Gasteiger partial charge in [-0.3, -0.25) is 4.98 Å². The van der Waals surface area contributed by atoms with Crippen LogP contribution in [0.1, 0.15) is 113 Å². The first kappa shape index (κ1) is 22.4. The molecule has 0 bridgehead atoms. The molecule has 1 nitrogen and oxygen atoms in total. The maximum Gasteiger partial charge on any atom is 0.0466 e. The predicted octanol–water partition coefficient (Wildman–Crippen LogP) is 7.88. The lowest BCUT2D eigenvalue weighted by atomic mass is 9.87. The Morgan fingerprint density at radius 3 is 1.54 bits per heavy atom. The van der Waals surface area contributed by atoms with Gasteiger partial charge < -0.3 is 0 Å². The standard InChI is InChI=1S/C13H20.C12H19N/c1-9(2)12-8-6-7-11(5)13(12)10(3)4;1-8(2)11-10(5)6-7-13-12(11)9(3)4/h6-10H,1-5H3;6-9H,1-5H3. The van der Waals surface area contributed by atoms with Crippen LogP contribution in [0, 0.1) is 13.8 Å². The van der Waals surface area contributed by atoms with Gasteiger partial charge in [0.25, 0.3) is 0 Å². The molecule has 2 aromatic rings. The number of hydrogen-bond acceptors (Lipinski definition) is 1. The summed E-state index contributed by atoms with van der Waals surface area (Å²) >= 11 is 0. The van der Waals surface area contributed by atoms with E-state index in [-0.39, 0.29) is 0 Å². The second-order valence-corrected chi connectivity index (χ2v) is 8.62. The molecule has 0 radical (unpaired) electrons. The lowest BCUT2D eigenvalue weighted by Gasteiger charge is -2.18. The van der Waals surface area contributed by atoms with E-state index in [1.807, 2.05) is 6.20 Å². The van der Waals surface area contributed by atoms with Crippen LogP contribution in [0.3, 0.4) is 0 Å². The minimum Gasteiger partial charge on any atom is -0.261 e. The molecule has 2 rings (SSSR count). The van der Waals surface area contributed by atoms with Crippen molar-refractivity contribution in [2.45, 2.75) is 92.9 Å². The van der Waals surface area contributed by atoms with E-state index in [1.165, 1.54) is 33.5 Å². The van der Waals surface area contributed by atoms with Crippen LogP contribution in [0.15, 0.2) is 30.5 Å². The Bertz CT molecular complexity index is 632. The van der Waals surface area contributed by atoms with Gasteiger partial charge in [-0.1, -0.05) is 73.6 Å². The Hall–Kier alpha value is -1.63. The lowest BCUT2D eigenvalue weighted by molar-refractivity contribution is 0.751. The molecule has 0 spiro atoms. The van der Waals surface area contributed by atoms with Crippen molar-refractivity contribution in [3.05, 3.63) is 64.0 Å². The summed E-state index contributed by atoms with van der Waals surface area (Å²) in [6, 6.07) is 8.73. The number of benzene rings is 1. The van der Waals surface area contributed by atoms with Gasteiger partial charge in [0, 0.05) is 11.9 Å². The lowest BCUT2D eigenvalue weighted by Crippen LogP contribution is -2.03. The maximum absolute atomic E-state index is 4.46. The van der Waals surface area contributed by atoms with Gasteiger partial charge in [-0.05, 0) is 71.4 Å². The van der Waals surface area contributed by atoms with E-state index in [9.17, 15) is 0 Å². The highest BCUT2D eigenvalue weighted by molar-refractivity contribution is 5.38. The third-order valence-electron chi connectivity index (χ3n) is 4.92. The topological polar surface area (TPSA) is 12.9 Å². The molecular weight excluding hydrogens is 314 g/mol. The minimum atomic E-state index is 0.525. The molecule has 0 fully saturated rings. The predicted molar refractivity (Wildman–Crippen MR) is 117 cm³/mol. The van der Waals surface area contributed by atoms with Gasteiger partial charge >= 0.3 is 0 Å². The van der Waals surface area contributed by atoms with E-state index in [0.717, 1.165) is 0 Å². The fourth-order valence-electron chi connectivity index (χ4n) is 3.80. The second kappa shape index (κ2) is 9.90. The Balaban J connectivity index is 0.000000260. The number of pyridine rings is 1. The molecule has 0 atom stereocenters. The highest BCUT2D eigenvalue weighted by Crippen LogP contribution is 2.28. The molecule has 1 aromatic carbocycles. The third-order valence-corrected chi connectivity index (χ3v) is 4.92. The monoisotopic (exact) mass is 353 g/mol. The fourth-order valence-corrected chi connectivity index (χ4v) is 3.80. The van der Waals surface area contributed by atoms with Gasteiger partial charge in [-0.25, -0.2) is 0 Å². The van der Waals surface area contributed by atoms with Crippen molar-refractivity contribution in [1.82, 2.24) is 4.98 Å². The number of rotatable bonds is 4. The summed E-state index contributed by atoms with van der Waals surface area (Å²) in [5.41, 5.74) is 8.54.